The van der Waals surface area contributed by atoms with Crippen LogP contribution in [0.5, 0.6) is 0 Å². The zero-order valence-corrected chi connectivity index (χ0v) is 19.5. The van der Waals surface area contributed by atoms with E-state index in [1.165, 1.54) is 26.4 Å². The number of ether oxygens (including phenoxy) is 1. The minimum atomic E-state index is -0.497. The van der Waals surface area contributed by atoms with Crippen molar-refractivity contribution >= 4 is 17.9 Å². The molecular weight excluding hydrogens is 418 g/mol. The third-order valence-electron chi connectivity index (χ3n) is 8.43. The number of urea groups is 1. The van der Waals surface area contributed by atoms with Gasteiger partial charge in [-0.05, 0) is 87.2 Å². The predicted molar refractivity (Wildman–Crippen MR) is 124 cm³/mol. The minimum absolute atomic E-state index is 0.0255. The second-order valence-corrected chi connectivity index (χ2v) is 10.8. The number of carbonyl (C=O) groups is 3. The molecule has 0 radical (unpaired) electrons. The van der Waals surface area contributed by atoms with Gasteiger partial charge < -0.3 is 20.3 Å². The van der Waals surface area contributed by atoms with Crippen molar-refractivity contribution in [2.75, 3.05) is 26.7 Å². The van der Waals surface area contributed by atoms with Gasteiger partial charge in [-0.3, -0.25) is 4.79 Å². The van der Waals surface area contributed by atoms with Crippen molar-refractivity contribution in [2.24, 2.45) is 23.7 Å². The van der Waals surface area contributed by atoms with Gasteiger partial charge in [0.1, 0.15) is 0 Å². The van der Waals surface area contributed by atoms with Crippen LogP contribution in [0.25, 0.3) is 0 Å². The highest BCUT2D eigenvalue weighted by atomic mass is 16.5. The Balaban J connectivity index is 1.10. The van der Waals surface area contributed by atoms with Crippen molar-refractivity contribution in [3.05, 3.63) is 35.4 Å². The summed E-state index contributed by atoms with van der Waals surface area (Å²) < 4.78 is 4.82. The van der Waals surface area contributed by atoms with E-state index in [1.54, 1.807) is 29.2 Å². The molecule has 0 spiro atoms. The molecule has 7 nitrogen and oxygen atoms in total. The maximum atomic E-state index is 13.0. The van der Waals surface area contributed by atoms with Crippen LogP contribution in [0.2, 0.25) is 0 Å². The van der Waals surface area contributed by atoms with Gasteiger partial charge in [-0.25, -0.2) is 9.59 Å². The van der Waals surface area contributed by atoms with Crippen LogP contribution in [0.15, 0.2) is 24.3 Å². The van der Waals surface area contributed by atoms with Crippen molar-refractivity contribution in [3.63, 3.8) is 0 Å². The van der Waals surface area contributed by atoms with E-state index in [0.29, 0.717) is 36.7 Å². The number of benzene rings is 1. The lowest BCUT2D eigenvalue weighted by molar-refractivity contribution is -0.0136. The molecule has 1 heterocycles. The van der Waals surface area contributed by atoms with Gasteiger partial charge >= 0.3 is 12.0 Å². The predicted octanol–water partition coefficient (Wildman–Crippen LogP) is 3.59. The van der Waals surface area contributed by atoms with Crippen LogP contribution >= 0.6 is 0 Å². The number of piperidine rings is 1. The Bertz CT molecular complexity index is 887. The van der Waals surface area contributed by atoms with E-state index in [4.69, 9.17) is 4.74 Å². The van der Waals surface area contributed by atoms with Crippen LogP contribution in [0.1, 0.15) is 72.1 Å². The van der Waals surface area contributed by atoms with E-state index in [-0.39, 0.29) is 17.5 Å². The topological polar surface area (TPSA) is 87.7 Å². The third-order valence-corrected chi connectivity index (χ3v) is 8.43. The normalized spacial score (nSPS) is 30.7. The Labute approximate surface area is 195 Å². The maximum absolute atomic E-state index is 13.0. The monoisotopic (exact) mass is 453 g/mol. The third kappa shape index (κ3) is 4.59. The Morgan fingerprint density at radius 2 is 1.55 bits per heavy atom. The van der Waals surface area contributed by atoms with Crippen molar-refractivity contribution < 1.29 is 19.1 Å². The maximum Gasteiger partial charge on any atom is 0.338 e. The average Bonchev–Trinajstić information content (AvgIpc) is 2.81. The Morgan fingerprint density at radius 1 is 0.970 bits per heavy atom. The number of rotatable bonds is 5. The number of nitrogens with zero attached hydrogens (tertiary/aromatic N) is 1. The first-order valence-electron chi connectivity index (χ1n) is 12.5. The molecule has 7 heteroatoms. The minimum Gasteiger partial charge on any atom is -0.465 e. The smallest absolute Gasteiger partial charge is 0.338 e. The first-order chi connectivity index (χ1) is 15.9. The molecule has 6 rings (SSSR count). The SMILES string of the molecule is COC(=O)c1ccccc1C(=O)N1CCC(CNC(=O)NC23CC4CC(CC(C4)C2)C3)CC1. The molecule has 0 aromatic heterocycles. The van der Waals surface area contributed by atoms with Crippen molar-refractivity contribution in [1.29, 1.82) is 0 Å². The van der Waals surface area contributed by atoms with Gasteiger partial charge in [0.25, 0.3) is 5.91 Å². The van der Waals surface area contributed by atoms with E-state index in [0.717, 1.165) is 49.9 Å². The number of amides is 3. The van der Waals surface area contributed by atoms with E-state index >= 15 is 0 Å². The first kappa shape index (κ1) is 22.2. The number of likely N-dealkylation sites (tertiary alicyclic amines) is 1. The molecule has 1 aromatic rings. The van der Waals surface area contributed by atoms with Gasteiger partial charge in [0, 0.05) is 25.2 Å². The fraction of sp³-hybridized carbons (Fsp3) is 0.654. The van der Waals surface area contributed by atoms with Crippen molar-refractivity contribution in [2.45, 2.75) is 56.9 Å². The van der Waals surface area contributed by atoms with Crippen LogP contribution in [0.3, 0.4) is 0 Å². The lowest BCUT2D eigenvalue weighted by Crippen LogP contribution is -2.61. The highest BCUT2D eigenvalue weighted by molar-refractivity contribution is 6.05. The Hall–Kier alpha value is -2.57. The number of methoxy groups -OCH3 is 1. The van der Waals surface area contributed by atoms with Crippen LogP contribution < -0.4 is 10.6 Å². The standard InChI is InChI=1S/C26H35N3O4/c1-33-24(31)22-5-3-2-4-21(22)23(30)29-8-6-17(7-9-29)16-27-25(32)28-26-13-18-10-19(14-26)12-20(11-18)15-26/h2-5,17-20H,6-16H2,1H3,(H2,27,28,32). The molecule has 1 aromatic carbocycles. The molecular formula is C26H35N3O4. The summed E-state index contributed by atoms with van der Waals surface area (Å²) >= 11 is 0. The molecule has 1 saturated heterocycles. The quantitative estimate of drug-likeness (QED) is 0.667. The molecule has 5 fully saturated rings. The van der Waals surface area contributed by atoms with Crippen LogP contribution in [0, 0.1) is 23.7 Å². The van der Waals surface area contributed by atoms with Gasteiger partial charge in [-0.15, -0.1) is 0 Å². The summed E-state index contributed by atoms with van der Waals surface area (Å²) in [6.45, 7) is 1.88. The van der Waals surface area contributed by atoms with E-state index in [9.17, 15) is 14.4 Å². The van der Waals surface area contributed by atoms with Crippen molar-refractivity contribution in [3.8, 4) is 0 Å². The summed E-state index contributed by atoms with van der Waals surface area (Å²) in [5.41, 5.74) is 0.716. The molecule has 178 valence electrons. The number of esters is 1. The fourth-order valence-corrected chi connectivity index (χ4v) is 7.25. The Morgan fingerprint density at radius 3 is 2.12 bits per heavy atom. The second kappa shape index (κ2) is 8.99. The number of nitrogens with one attached hydrogen (secondary N) is 2. The van der Waals surface area contributed by atoms with E-state index in [1.807, 2.05) is 0 Å². The van der Waals surface area contributed by atoms with Crippen LogP contribution in [-0.4, -0.2) is 55.1 Å². The van der Waals surface area contributed by atoms with Gasteiger partial charge in [0.2, 0.25) is 0 Å². The molecule has 33 heavy (non-hydrogen) atoms. The van der Waals surface area contributed by atoms with Crippen molar-refractivity contribution in [1.82, 2.24) is 15.5 Å². The summed E-state index contributed by atoms with van der Waals surface area (Å²) in [6.07, 6.45) is 9.23. The molecule has 1 aliphatic heterocycles. The second-order valence-electron chi connectivity index (χ2n) is 10.8. The number of hydrogen-bond acceptors (Lipinski definition) is 4. The molecule has 3 amide bonds. The zero-order valence-electron chi connectivity index (χ0n) is 19.5. The first-order valence-corrected chi connectivity index (χ1v) is 12.5. The molecule has 4 saturated carbocycles. The molecule has 4 bridgehead atoms. The van der Waals surface area contributed by atoms with Gasteiger partial charge in [0.15, 0.2) is 0 Å². The summed E-state index contributed by atoms with van der Waals surface area (Å²) in [5.74, 6) is 2.14. The molecule has 0 atom stereocenters. The lowest BCUT2D eigenvalue weighted by Gasteiger charge is -2.56. The fourth-order valence-electron chi connectivity index (χ4n) is 7.25. The van der Waals surface area contributed by atoms with Crippen LogP contribution in [0.4, 0.5) is 4.79 Å². The van der Waals surface area contributed by atoms with Gasteiger partial charge in [0.05, 0.1) is 18.2 Å². The molecule has 2 N–H and O–H groups in total. The van der Waals surface area contributed by atoms with Gasteiger partial charge in [-0.2, -0.15) is 0 Å². The summed E-state index contributed by atoms with van der Waals surface area (Å²) in [4.78, 5) is 39.5. The molecule has 5 aliphatic rings. The number of hydrogen-bond donors (Lipinski definition) is 2. The number of carbonyl (C=O) groups excluding carboxylic acids is 3. The van der Waals surface area contributed by atoms with Gasteiger partial charge in [-0.1, -0.05) is 12.1 Å². The zero-order chi connectivity index (χ0) is 23.0. The van der Waals surface area contributed by atoms with Crippen LogP contribution in [-0.2, 0) is 4.74 Å². The summed E-state index contributed by atoms with van der Waals surface area (Å²) in [7, 11) is 1.32. The molecule has 4 aliphatic carbocycles. The largest absolute Gasteiger partial charge is 0.465 e. The molecule has 0 unspecified atom stereocenters. The Kier molecular flexibility index (Phi) is 6.06. The highest BCUT2D eigenvalue weighted by Crippen LogP contribution is 2.55. The lowest BCUT2D eigenvalue weighted by atomic mass is 9.53. The van der Waals surface area contributed by atoms with E-state index in [2.05, 4.69) is 10.6 Å². The summed E-state index contributed by atoms with van der Waals surface area (Å²) in [6, 6.07) is 6.77. The highest BCUT2D eigenvalue weighted by Gasteiger charge is 2.51. The average molecular weight is 454 g/mol. The summed E-state index contributed by atoms with van der Waals surface area (Å²) in [5, 5.41) is 6.50. The van der Waals surface area contributed by atoms with E-state index < -0.39 is 5.97 Å².